The van der Waals surface area contributed by atoms with Crippen LogP contribution in [0.5, 0.6) is 0 Å². The maximum atomic E-state index is 6.96. The predicted molar refractivity (Wildman–Crippen MR) is 188 cm³/mol. The Kier molecular flexibility index (Phi) is 9.50. The molecule has 0 radical (unpaired) electrons. The van der Waals surface area contributed by atoms with Crippen molar-refractivity contribution in [1.82, 2.24) is 0 Å². The zero-order chi connectivity index (χ0) is 29.4. The van der Waals surface area contributed by atoms with E-state index in [0.29, 0.717) is 0 Å². The summed E-state index contributed by atoms with van der Waals surface area (Å²) in [7, 11) is -9.88. The molecular weight excluding hydrogens is 561 g/mol. The second-order valence-electron chi connectivity index (χ2n) is 11.1. The smallest absolute Gasteiger partial charge is 0.255 e. The van der Waals surface area contributed by atoms with E-state index < -0.39 is 32.8 Å². The molecule has 41 heavy (non-hydrogen) atoms. The molecule has 4 rings (SSSR count). The zero-order valence-electron chi connectivity index (χ0n) is 24.5. The Balaban J connectivity index is 1.73. The Hall–Kier alpha value is -3.69. The standard InChI is InChI=1S/C36H38OSi4/c1-7-40(33-21-13-9-14-22-33,34-23-15-10-16-24-34)31-29-38(3,4)37-39(5,6)30-32-41(8-2,35-25-17-11-18-26-35)36-27-19-12-20-28-36/h7-28H,1-2H2,3-6H3. The molecule has 0 aliphatic rings. The van der Waals surface area contributed by atoms with Gasteiger partial charge in [-0.1, -0.05) is 133 Å². The van der Waals surface area contributed by atoms with Crippen LogP contribution in [0.1, 0.15) is 0 Å². The van der Waals surface area contributed by atoms with E-state index >= 15 is 0 Å². The Labute approximate surface area is 250 Å². The molecule has 0 fully saturated rings. The fraction of sp³-hybridized carbons (Fsp3) is 0.111. The van der Waals surface area contributed by atoms with Crippen LogP contribution in [-0.2, 0) is 4.12 Å². The number of hydrogen-bond acceptors (Lipinski definition) is 1. The minimum Gasteiger partial charge on any atom is -0.438 e. The summed E-state index contributed by atoms with van der Waals surface area (Å²) in [5.74, 6) is 0. The van der Waals surface area contributed by atoms with Crippen LogP contribution >= 0.6 is 0 Å². The summed E-state index contributed by atoms with van der Waals surface area (Å²) in [6.07, 6.45) is 0. The molecule has 0 saturated heterocycles. The molecule has 0 aliphatic carbocycles. The van der Waals surface area contributed by atoms with Gasteiger partial charge in [-0.05, 0) is 46.9 Å². The minimum atomic E-state index is -2.52. The van der Waals surface area contributed by atoms with Crippen molar-refractivity contribution in [2.24, 2.45) is 0 Å². The van der Waals surface area contributed by atoms with E-state index in [9.17, 15) is 0 Å². The van der Waals surface area contributed by atoms with Crippen LogP contribution in [0.4, 0.5) is 0 Å². The first-order valence-electron chi connectivity index (χ1n) is 13.9. The predicted octanol–water partition coefficient (Wildman–Crippen LogP) is 5.55. The summed E-state index contributed by atoms with van der Waals surface area (Å²) in [6.45, 7) is 17.4. The van der Waals surface area contributed by atoms with E-state index in [1.54, 1.807) is 0 Å². The average molecular weight is 599 g/mol. The maximum Gasteiger partial charge on any atom is 0.255 e. The third kappa shape index (κ3) is 6.97. The Morgan fingerprint density at radius 1 is 0.439 bits per heavy atom. The molecule has 0 saturated carbocycles. The van der Waals surface area contributed by atoms with Gasteiger partial charge in [0.15, 0.2) is 0 Å². The molecule has 0 aliphatic heterocycles. The first-order chi connectivity index (χ1) is 19.7. The SMILES string of the molecule is C=C[Si](C#C[Si](C)(C)O[Si](C)(C)C#C[Si](C=C)(c1ccccc1)c1ccccc1)(c1ccccc1)c1ccccc1. The molecule has 0 N–H and O–H groups in total. The lowest BCUT2D eigenvalue weighted by Gasteiger charge is -2.29. The highest BCUT2D eigenvalue weighted by Crippen LogP contribution is 2.16. The molecule has 0 amide bonds. The monoisotopic (exact) mass is 598 g/mol. The summed E-state index contributed by atoms with van der Waals surface area (Å²) in [4.78, 5) is 0. The third-order valence-corrected chi connectivity index (χ3v) is 20.4. The number of rotatable bonds is 8. The normalized spacial score (nSPS) is 11.8. The zero-order valence-corrected chi connectivity index (χ0v) is 28.5. The molecule has 5 heteroatoms. The van der Waals surface area contributed by atoms with Gasteiger partial charge in [0.05, 0.1) is 0 Å². The van der Waals surface area contributed by atoms with Gasteiger partial charge in [-0.2, -0.15) is 0 Å². The highest BCUT2D eigenvalue weighted by Gasteiger charge is 2.37. The van der Waals surface area contributed by atoms with Gasteiger partial charge in [0.1, 0.15) is 0 Å². The van der Waals surface area contributed by atoms with Gasteiger partial charge >= 0.3 is 0 Å². The van der Waals surface area contributed by atoms with Gasteiger partial charge in [-0.3, -0.25) is 0 Å². The molecule has 0 aromatic heterocycles. The molecule has 4 aromatic carbocycles. The summed E-state index contributed by atoms with van der Waals surface area (Å²) >= 11 is 0. The molecule has 0 bridgehead atoms. The fourth-order valence-corrected chi connectivity index (χ4v) is 19.9. The van der Waals surface area contributed by atoms with Crippen LogP contribution in [0.15, 0.2) is 146 Å². The summed E-state index contributed by atoms with van der Waals surface area (Å²) in [6, 6.07) is 42.4. The Bertz CT molecular complexity index is 1390. The lowest BCUT2D eigenvalue weighted by atomic mass is 10.4. The van der Waals surface area contributed by atoms with Crippen molar-refractivity contribution >= 4 is 53.5 Å². The third-order valence-electron chi connectivity index (χ3n) is 7.16. The summed E-state index contributed by atoms with van der Waals surface area (Å²) in [5, 5.41) is 4.95. The molecule has 1 nitrogen and oxygen atoms in total. The van der Waals surface area contributed by atoms with Crippen molar-refractivity contribution in [2.45, 2.75) is 26.2 Å². The van der Waals surface area contributed by atoms with Gasteiger partial charge in [-0.25, -0.2) is 0 Å². The van der Waals surface area contributed by atoms with E-state index in [1.807, 2.05) is 0 Å². The van der Waals surface area contributed by atoms with Crippen LogP contribution in [0, 0.1) is 22.2 Å². The van der Waals surface area contributed by atoms with Crippen molar-refractivity contribution in [1.29, 1.82) is 0 Å². The van der Waals surface area contributed by atoms with Crippen LogP contribution in [0.2, 0.25) is 26.2 Å². The molecule has 0 spiro atoms. The van der Waals surface area contributed by atoms with Crippen molar-refractivity contribution in [2.75, 3.05) is 0 Å². The molecule has 0 unspecified atom stereocenters. The Morgan fingerprint density at radius 2 is 0.683 bits per heavy atom. The van der Waals surface area contributed by atoms with Gasteiger partial charge in [0.25, 0.3) is 16.6 Å². The van der Waals surface area contributed by atoms with Crippen LogP contribution < -0.4 is 20.7 Å². The lowest BCUT2D eigenvalue weighted by Crippen LogP contribution is -2.57. The first-order valence-corrected chi connectivity index (χ1v) is 23.9. The van der Waals surface area contributed by atoms with E-state index in [-0.39, 0.29) is 0 Å². The highest BCUT2D eigenvalue weighted by molar-refractivity contribution is 7.13. The van der Waals surface area contributed by atoms with Gasteiger partial charge in [0.2, 0.25) is 16.1 Å². The van der Waals surface area contributed by atoms with E-state index in [0.717, 1.165) is 0 Å². The molecule has 0 atom stereocenters. The topological polar surface area (TPSA) is 9.23 Å². The van der Waals surface area contributed by atoms with Crippen LogP contribution in [-0.4, -0.2) is 32.8 Å². The van der Waals surface area contributed by atoms with E-state index in [1.165, 1.54) is 20.7 Å². The van der Waals surface area contributed by atoms with Crippen molar-refractivity contribution in [3.8, 4) is 22.2 Å². The van der Waals surface area contributed by atoms with Gasteiger partial charge in [-0.15, -0.1) is 35.3 Å². The van der Waals surface area contributed by atoms with Crippen LogP contribution in [0.25, 0.3) is 0 Å². The first kappa shape index (κ1) is 30.3. The number of benzene rings is 4. The fourth-order valence-electron chi connectivity index (χ4n) is 5.19. The van der Waals surface area contributed by atoms with E-state index in [2.05, 4.69) is 194 Å². The second kappa shape index (κ2) is 12.9. The minimum absolute atomic E-state index is 1.24. The van der Waals surface area contributed by atoms with Crippen LogP contribution in [0.3, 0.4) is 0 Å². The van der Waals surface area contributed by atoms with Crippen molar-refractivity contribution < 1.29 is 4.12 Å². The van der Waals surface area contributed by atoms with Crippen molar-refractivity contribution in [3.63, 3.8) is 0 Å². The van der Waals surface area contributed by atoms with E-state index in [4.69, 9.17) is 4.12 Å². The summed E-state index contributed by atoms with van der Waals surface area (Å²) < 4.78 is 6.96. The quantitative estimate of drug-likeness (QED) is 0.191. The molecule has 0 heterocycles. The molecule has 204 valence electrons. The summed E-state index contributed by atoms with van der Waals surface area (Å²) in [5.41, 5.74) is 19.2. The highest BCUT2D eigenvalue weighted by atomic mass is 28.4. The molecular formula is C36H38OSi4. The molecule has 4 aromatic rings. The van der Waals surface area contributed by atoms with Gasteiger partial charge < -0.3 is 4.12 Å². The average Bonchev–Trinajstić information content (AvgIpc) is 3.00. The Morgan fingerprint density at radius 3 is 0.902 bits per heavy atom. The second-order valence-corrected chi connectivity index (χ2v) is 25.3. The lowest BCUT2D eigenvalue weighted by molar-refractivity contribution is 0.576. The number of hydrogen-bond donors (Lipinski definition) is 0. The largest absolute Gasteiger partial charge is 0.438 e. The van der Waals surface area contributed by atoms with Gasteiger partial charge in [0, 0.05) is 0 Å². The maximum absolute atomic E-state index is 6.96. The van der Waals surface area contributed by atoms with Crippen molar-refractivity contribution in [3.05, 3.63) is 146 Å².